The van der Waals surface area contributed by atoms with E-state index in [-0.39, 0.29) is 10.8 Å². The van der Waals surface area contributed by atoms with Crippen LogP contribution in [0.3, 0.4) is 0 Å². The van der Waals surface area contributed by atoms with E-state index < -0.39 is 5.97 Å². The molecule has 0 radical (unpaired) electrons. The summed E-state index contributed by atoms with van der Waals surface area (Å²) in [5.41, 5.74) is 2.68. The van der Waals surface area contributed by atoms with Crippen LogP contribution in [0.5, 0.6) is 5.75 Å². The van der Waals surface area contributed by atoms with Crippen molar-refractivity contribution in [1.82, 2.24) is 0 Å². The van der Waals surface area contributed by atoms with E-state index in [2.05, 4.69) is 41.5 Å². The Morgan fingerprint density at radius 3 is 1.75 bits per heavy atom. The molecule has 0 saturated heterocycles. The second-order valence-corrected chi connectivity index (χ2v) is 7.19. The number of benzene rings is 1. The SMILES string of the molecule is Cc1cc(C(C)(C)C)c(OC(=O)C#N)c(C(C)(C)C)c1. The molecule has 0 aliphatic carbocycles. The van der Waals surface area contributed by atoms with E-state index in [1.54, 1.807) is 0 Å². The first-order valence-electron chi connectivity index (χ1n) is 6.74. The van der Waals surface area contributed by atoms with Gasteiger partial charge in [-0.25, -0.2) is 4.79 Å². The van der Waals surface area contributed by atoms with Crippen molar-refractivity contribution in [2.45, 2.75) is 59.3 Å². The van der Waals surface area contributed by atoms with Gasteiger partial charge >= 0.3 is 5.97 Å². The van der Waals surface area contributed by atoms with Gasteiger partial charge in [0.2, 0.25) is 0 Å². The predicted octanol–water partition coefficient (Wildman–Crippen LogP) is 4.02. The average molecular weight is 273 g/mol. The van der Waals surface area contributed by atoms with E-state index in [0.29, 0.717) is 5.75 Å². The lowest BCUT2D eigenvalue weighted by molar-refractivity contribution is -0.128. The van der Waals surface area contributed by atoms with Gasteiger partial charge in [-0.15, -0.1) is 0 Å². The van der Waals surface area contributed by atoms with E-state index in [0.717, 1.165) is 16.7 Å². The maximum absolute atomic E-state index is 11.4. The van der Waals surface area contributed by atoms with Crippen LogP contribution in [-0.4, -0.2) is 5.97 Å². The molecule has 1 rings (SSSR count). The second-order valence-electron chi connectivity index (χ2n) is 7.19. The molecular formula is C17H23NO2. The fourth-order valence-corrected chi connectivity index (χ4v) is 2.11. The number of carbonyl (C=O) groups excluding carboxylic acids is 1. The van der Waals surface area contributed by atoms with Crippen LogP contribution in [0.25, 0.3) is 0 Å². The van der Waals surface area contributed by atoms with Gasteiger partial charge in [-0.2, -0.15) is 5.26 Å². The topological polar surface area (TPSA) is 50.1 Å². The molecule has 0 fully saturated rings. The molecule has 3 heteroatoms. The Bertz CT molecular complexity index is 531. The number of nitrogens with zero attached hydrogens (tertiary/aromatic N) is 1. The van der Waals surface area contributed by atoms with E-state index in [1.807, 2.05) is 19.1 Å². The molecular weight excluding hydrogens is 250 g/mol. The van der Waals surface area contributed by atoms with Gasteiger partial charge in [0.15, 0.2) is 6.07 Å². The molecule has 1 aromatic rings. The van der Waals surface area contributed by atoms with Crippen molar-refractivity contribution in [3.8, 4) is 11.8 Å². The molecule has 0 saturated carbocycles. The van der Waals surface area contributed by atoms with Crippen LogP contribution in [0, 0.1) is 18.3 Å². The van der Waals surface area contributed by atoms with Crippen LogP contribution in [-0.2, 0) is 15.6 Å². The summed E-state index contributed by atoms with van der Waals surface area (Å²) < 4.78 is 5.33. The average Bonchev–Trinajstić information content (AvgIpc) is 2.27. The lowest BCUT2D eigenvalue weighted by Gasteiger charge is -2.29. The Kier molecular flexibility index (Phi) is 4.29. The minimum absolute atomic E-state index is 0.170. The van der Waals surface area contributed by atoms with Gasteiger partial charge in [-0.05, 0) is 17.8 Å². The summed E-state index contributed by atoms with van der Waals surface area (Å²) in [7, 11) is 0. The van der Waals surface area contributed by atoms with Crippen LogP contribution in [0.15, 0.2) is 12.1 Å². The van der Waals surface area contributed by atoms with E-state index >= 15 is 0 Å². The highest BCUT2D eigenvalue weighted by Crippen LogP contribution is 2.40. The van der Waals surface area contributed by atoms with Gasteiger partial charge < -0.3 is 4.74 Å². The molecule has 0 heterocycles. The molecule has 0 amide bonds. The zero-order valence-corrected chi connectivity index (χ0v) is 13.4. The van der Waals surface area contributed by atoms with Crippen molar-refractivity contribution in [3.05, 3.63) is 28.8 Å². The number of rotatable bonds is 1. The summed E-state index contributed by atoms with van der Waals surface area (Å²) in [6, 6.07) is 5.57. The Labute approximate surface area is 121 Å². The van der Waals surface area contributed by atoms with E-state index in [1.165, 1.54) is 6.07 Å². The van der Waals surface area contributed by atoms with Gasteiger partial charge in [0, 0.05) is 11.1 Å². The summed E-state index contributed by atoms with van der Waals surface area (Å²) in [4.78, 5) is 11.4. The summed E-state index contributed by atoms with van der Waals surface area (Å²) in [5, 5.41) is 8.71. The summed E-state index contributed by atoms with van der Waals surface area (Å²) in [5.74, 6) is -0.341. The largest absolute Gasteiger partial charge is 0.416 e. The third-order valence-corrected chi connectivity index (χ3v) is 3.14. The molecule has 0 aromatic heterocycles. The highest BCUT2D eigenvalue weighted by atomic mass is 16.5. The lowest BCUT2D eigenvalue weighted by Crippen LogP contribution is -2.21. The van der Waals surface area contributed by atoms with Crippen LogP contribution in [0.2, 0.25) is 0 Å². The third kappa shape index (κ3) is 3.60. The molecule has 0 aliphatic rings. The van der Waals surface area contributed by atoms with Crippen molar-refractivity contribution in [1.29, 1.82) is 5.26 Å². The van der Waals surface area contributed by atoms with Crippen LogP contribution in [0.1, 0.15) is 58.2 Å². The van der Waals surface area contributed by atoms with Crippen molar-refractivity contribution in [3.63, 3.8) is 0 Å². The molecule has 3 nitrogen and oxygen atoms in total. The normalized spacial score (nSPS) is 11.9. The zero-order chi connectivity index (χ0) is 15.7. The summed E-state index contributed by atoms with van der Waals surface area (Å²) >= 11 is 0. The number of nitriles is 1. The smallest absolute Gasteiger partial charge is 0.415 e. The third-order valence-electron chi connectivity index (χ3n) is 3.14. The highest BCUT2D eigenvalue weighted by Gasteiger charge is 2.28. The van der Waals surface area contributed by atoms with Gasteiger partial charge in [0.25, 0.3) is 0 Å². The first kappa shape index (κ1) is 16.2. The Morgan fingerprint density at radius 2 is 1.45 bits per heavy atom. The summed E-state index contributed by atoms with van der Waals surface area (Å²) in [6.07, 6.45) is 0. The minimum atomic E-state index is -0.871. The number of ether oxygens (including phenoxy) is 1. The van der Waals surface area contributed by atoms with Gasteiger partial charge in [-0.3, -0.25) is 0 Å². The lowest BCUT2D eigenvalue weighted by atomic mass is 9.78. The number of hydrogen-bond acceptors (Lipinski definition) is 3. The minimum Gasteiger partial charge on any atom is -0.415 e. The molecule has 108 valence electrons. The molecule has 0 N–H and O–H groups in total. The molecule has 0 bridgehead atoms. The number of esters is 1. The Morgan fingerprint density at radius 1 is 1.05 bits per heavy atom. The predicted molar refractivity (Wildman–Crippen MR) is 79.8 cm³/mol. The molecule has 1 aromatic carbocycles. The quantitative estimate of drug-likeness (QED) is 0.441. The molecule has 0 atom stereocenters. The van der Waals surface area contributed by atoms with Crippen molar-refractivity contribution in [2.24, 2.45) is 0 Å². The van der Waals surface area contributed by atoms with E-state index in [4.69, 9.17) is 10.00 Å². The molecule has 0 unspecified atom stereocenters. The standard InChI is InChI=1S/C17H23NO2/c1-11-8-12(16(2,3)4)15(20-14(19)10-18)13(9-11)17(5,6)7/h8-9H,1-7H3. The van der Waals surface area contributed by atoms with Gasteiger partial charge in [0.1, 0.15) is 5.75 Å². The van der Waals surface area contributed by atoms with Gasteiger partial charge in [0.05, 0.1) is 0 Å². The van der Waals surface area contributed by atoms with Crippen molar-refractivity contribution in [2.75, 3.05) is 0 Å². The fraction of sp³-hybridized carbons (Fsp3) is 0.529. The molecule has 20 heavy (non-hydrogen) atoms. The first-order valence-corrected chi connectivity index (χ1v) is 6.74. The molecule has 0 aliphatic heterocycles. The number of carbonyl (C=O) groups is 1. The van der Waals surface area contributed by atoms with E-state index in [9.17, 15) is 4.79 Å². The Balaban J connectivity index is 3.64. The highest BCUT2D eigenvalue weighted by molar-refractivity contribution is 5.88. The summed E-state index contributed by atoms with van der Waals surface area (Å²) in [6.45, 7) is 14.4. The second kappa shape index (κ2) is 5.28. The first-order chi connectivity index (χ1) is 8.96. The monoisotopic (exact) mass is 273 g/mol. The Hall–Kier alpha value is -1.82. The van der Waals surface area contributed by atoms with Crippen LogP contribution >= 0.6 is 0 Å². The van der Waals surface area contributed by atoms with Crippen LogP contribution < -0.4 is 4.74 Å². The number of hydrogen-bond donors (Lipinski definition) is 0. The van der Waals surface area contributed by atoms with Gasteiger partial charge in [-0.1, -0.05) is 59.2 Å². The maximum atomic E-state index is 11.4. The maximum Gasteiger partial charge on any atom is 0.416 e. The van der Waals surface area contributed by atoms with Crippen LogP contribution in [0.4, 0.5) is 0 Å². The van der Waals surface area contributed by atoms with Crippen molar-refractivity contribution < 1.29 is 9.53 Å². The zero-order valence-electron chi connectivity index (χ0n) is 13.4. The number of aryl methyl sites for hydroxylation is 1. The van der Waals surface area contributed by atoms with Crippen molar-refractivity contribution >= 4 is 5.97 Å². The fourth-order valence-electron chi connectivity index (χ4n) is 2.11. The molecule has 0 spiro atoms.